The lowest BCUT2D eigenvalue weighted by Gasteiger charge is -2.03. The van der Waals surface area contributed by atoms with Gasteiger partial charge in [-0.25, -0.2) is 0 Å². The number of hydrogen-bond donors (Lipinski definition) is 0. The third kappa shape index (κ3) is 18.0. The number of unbranched alkanes of at least 4 members (excludes halogenated alkanes) is 15. The second-order valence-electron chi connectivity index (χ2n) is 6.07. The molecular formula is C19H37Cl. The largest absolute Gasteiger partial charge is 0.127 e. The highest BCUT2D eigenvalue weighted by Gasteiger charge is 1.94. The van der Waals surface area contributed by atoms with E-state index in [2.05, 4.69) is 6.58 Å². The molecule has 120 valence electrons. The molecule has 1 heteroatoms. The summed E-state index contributed by atoms with van der Waals surface area (Å²) in [5.74, 6) is 0.842. The lowest BCUT2D eigenvalue weighted by atomic mass is 10.0. The molecule has 0 unspecified atom stereocenters. The van der Waals surface area contributed by atoms with Crippen LogP contribution in [0.25, 0.3) is 0 Å². The molecule has 0 N–H and O–H groups in total. The molecule has 0 amide bonds. The second kappa shape index (κ2) is 19.0. The van der Waals surface area contributed by atoms with E-state index in [4.69, 9.17) is 11.6 Å². The molecule has 0 aliphatic carbocycles. The zero-order valence-corrected chi connectivity index (χ0v) is 14.4. The van der Waals surface area contributed by atoms with Gasteiger partial charge in [-0.05, 0) is 19.3 Å². The number of hydrogen-bond acceptors (Lipinski definition) is 0. The summed E-state index contributed by atoms with van der Waals surface area (Å²) in [6, 6.07) is 0. The monoisotopic (exact) mass is 300 g/mol. The lowest BCUT2D eigenvalue weighted by Crippen LogP contribution is -1.83. The maximum atomic E-state index is 5.66. The van der Waals surface area contributed by atoms with E-state index in [9.17, 15) is 0 Å². The molecule has 0 saturated heterocycles. The molecule has 0 radical (unpaired) electrons. The Bertz CT molecular complexity index is 177. The third-order valence-electron chi connectivity index (χ3n) is 4.04. The Morgan fingerprint density at radius 3 is 1.10 bits per heavy atom. The van der Waals surface area contributed by atoms with Gasteiger partial charge in [0.05, 0.1) is 0 Å². The van der Waals surface area contributed by atoms with Gasteiger partial charge in [-0.3, -0.25) is 0 Å². The van der Waals surface area contributed by atoms with E-state index < -0.39 is 0 Å². The van der Waals surface area contributed by atoms with Gasteiger partial charge in [-0.1, -0.05) is 89.5 Å². The van der Waals surface area contributed by atoms with Crippen LogP contribution in [0.3, 0.4) is 0 Å². The van der Waals surface area contributed by atoms with Crippen molar-refractivity contribution in [2.24, 2.45) is 0 Å². The molecule has 0 nitrogen and oxygen atoms in total. The fourth-order valence-corrected chi connectivity index (χ4v) is 2.87. The molecule has 0 aromatic rings. The molecule has 0 atom stereocenters. The van der Waals surface area contributed by atoms with Crippen molar-refractivity contribution in [1.82, 2.24) is 0 Å². The highest BCUT2D eigenvalue weighted by Crippen LogP contribution is 2.13. The van der Waals surface area contributed by atoms with Gasteiger partial charge in [-0.15, -0.1) is 18.2 Å². The second-order valence-corrected chi connectivity index (χ2v) is 6.45. The molecule has 0 saturated carbocycles. The molecule has 0 aliphatic heterocycles. The van der Waals surface area contributed by atoms with Crippen LogP contribution in [0.1, 0.15) is 103 Å². The first-order valence-electron chi connectivity index (χ1n) is 9.08. The van der Waals surface area contributed by atoms with Gasteiger partial charge in [0.1, 0.15) is 0 Å². The van der Waals surface area contributed by atoms with Crippen LogP contribution < -0.4 is 0 Å². The van der Waals surface area contributed by atoms with E-state index in [-0.39, 0.29) is 0 Å². The topological polar surface area (TPSA) is 0 Å². The molecule has 0 spiro atoms. The standard InChI is InChI=1S/C19H37Cl/c1-2-3-4-5-6-7-8-9-10-11-12-13-14-15-16-17-18-19-20/h2H,1,3-19H2. The van der Waals surface area contributed by atoms with Crippen molar-refractivity contribution in [2.45, 2.75) is 103 Å². The zero-order chi connectivity index (χ0) is 14.7. The maximum absolute atomic E-state index is 5.66. The summed E-state index contributed by atoms with van der Waals surface area (Å²) in [6.45, 7) is 3.76. The van der Waals surface area contributed by atoms with E-state index in [0.717, 1.165) is 5.88 Å². The van der Waals surface area contributed by atoms with E-state index in [1.165, 1.54) is 103 Å². The maximum Gasteiger partial charge on any atom is 0.0223 e. The molecule has 0 heterocycles. The van der Waals surface area contributed by atoms with E-state index >= 15 is 0 Å². The predicted octanol–water partition coefficient (Wildman–Crippen LogP) is 7.65. The number of rotatable bonds is 17. The van der Waals surface area contributed by atoms with E-state index in [1.807, 2.05) is 6.08 Å². The zero-order valence-electron chi connectivity index (χ0n) is 13.7. The minimum atomic E-state index is 0.842. The van der Waals surface area contributed by atoms with Gasteiger partial charge in [0, 0.05) is 5.88 Å². The molecule has 0 aromatic heterocycles. The summed E-state index contributed by atoms with van der Waals surface area (Å²) >= 11 is 5.66. The summed E-state index contributed by atoms with van der Waals surface area (Å²) in [6.07, 6.45) is 24.3. The normalized spacial score (nSPS) is 10.8. The molecule has 0 aromatic carbocycles. The quantitative estimate of drug-likeness (QED) is 0.147. The van der Waals surface area contributed by atoms with E-state index in [1.54, 1.807) is 0 Å². The van der Waals surface area contributed by atoms with Crippen LogP contribution in [0.2, 0.25) is 0 Å². The average Bonchev–Trinajstić information content (AvgIpc) is 2.47. The van der Waals surface area contributed by atoms with Crippen molar-refractivity contribution < 1.29 is 0 Å². The number of alkyl halides is 1. The van der Waals surface area contributed by atoms with Crippen LogP contribution in [0, 0.1) is 0 Å². The van der Waals surface area contributed by atoms with Gasteiger partial charge in [0.15, 0.2) is 0 Å². The van der Waals surface area contributed by atoms with Gasteiger partial charge in [0.25, 0.3) is 0 Å². The smallest absolute Gasteiger partial charge is 0.0223 e. The van der Waals surface area contributed by atoms with Crippen LogP contribution >= 0.6 is 11.6 Å². The molecule has 20 heavy (non-hydrogen) atoms. The molecule has 0 fully saturated rings. The van der Waals surface area contributed by atoms with E-state index in [0.29, 0.717) is 0 Å². The fourth-order valence-electron chi connectivity index (χ4n) is 2.68. The van der Waals surface area contributed by atoms with Crippen molar-refractivity contribution in [3.05, 3.63) is 12.7 Å². The van der Waals surface area contributed by atoms with Crippen LogP contribution in [0.15, 0.2) is 12.7 Å². The number of allylic oxidation sites excluding steroid dienone is 1. The summed E-state index contributed by atoms with van der Waals surface area (Å²) in [7, 11) is 0. The van der Waals surface area contributed by atoms with Gasteiger partial charge in [-0.2, -0.15) is 0 Å². The van der Waals surface area contributed by atoms with Crippen molar-refractivity contribution >= 4 is 11.6 Å². The first kappa shape index (κ1) is 20.0. The fraction of sp³-hybridized carbons (Fsp3) is 0.895. The van der Waals surface area contributed by atoms with Crippen LogP contribution in [0.5, 0.6) is 0 Å². The van der Waals surface area contributed by atoms with Crippen molar-refractivity contribution in [1.29, 1.82) is 0 Å². The Balaban J connectivity index is 2.90. The number of halogens is 1. The summed E-state index contributed by atoms with van der Waals surface area (Å²) < 4.78 is 0. The van der Waals surface area contributed by atoms with Gasteiger partial charge >= 0.3 is 0 Å². The summed E-state index contributed by atoms with van der Waals surface area (Å²) in [5.41, 5.74) is 0. The highest BCUT2D eigenvalue weighted by atomic mass is 35.5. The Morgan fingerprint density at radius 1 is 0.500 bits per heavy atom. The Kier molecular flexibility index (Phi) is 19.1. The van der Waals surface area contributed by atoms with Crippen molar-refractivity contribution in [2.75, 3.05) is 5.88 Å². The molecule has 0 rings (SSSR count). The average molecular weight is 301 g/mol. The predicted molar refractivity (Wildman–Crippen MR) is 94.8 cm³/mol. The first-order valence-corrected chi connectivity index (χ1v) is 9.62. The Morgan fingerprint density at radius 2 is 0.800 bits per heavy atom. The minimum Gasteiger partial charge on any atom is -0.127 e. The minimum absolute atomic E-state index is 0.842. The SMILES string of the molecule is C=CCCCCCCCCCCCCCCCCCCl. The molecule has 0 aliphatic rings. The third-order valence-corrected chi connectivity index (χ3v) is 4.31. The lowest BCUT2D eigenvalue weighted by molar-refractivity contribution is 0.533. The molecular weight excluding hydrogens is 264 g/mol. The van der Waals surface area contributed by atoms with Gasteiger partial charge in [0.2, 0.25) is 0 Å². The summed E-state index contributed by atoms with van der Waals surface area (Å²) in [4.78, 5) is 0. The van der Waals surface area contributed by atoms with Crippen LogP contribution in [0.4, 0.5) is 0 Å². The Hall–Kier alpha value is 0.0300. The van der Waals surface area contributed by atoms with Crippen LogP contribution in [-0.4, -0.2) is 5.88 Å². The summed E-state index contributed by atoms with van der Waals surface area (Å²) in [5, 5.41) is 0. The molecule has 0 bridgehead atoms. The van der Waals surface area contributed by atoms with Crippen molar-refractivity contribution in [3.8, 4) is 0 Å². The van der Waals surface area contributed by atoms with Gasteiger partial charge < -0.3 is 0 Å². The first-order chi connectivity index (χ1) is 9.91. The van der Waals surface area contributed by atoms with Crippen molar-refractivity contribution in [3.63, 3.8) is 0 Å². The highest BCUT2D eigenvalue weighted by molar-refractivity contribution is 6.17. The Labute approximate surface area is 133 Å². The van der Waals surface area contributed by atoms with Crippen LogP contribution in [-0.2, 0) is 0 Å².